The number of carbonyl (C=O) groups excluding carboxylic acids is 2. The van der Waals surface area contributed by atoms with E-state index < -0.39 is 5.97 Å². The molecule has 1 saturated heterocycles. The van der Waals surface area contributed by atoms with Gasteiger partial charge in [-0.2, -0.15) is 0 Å². The SMILES string of the molecule is CCOC(=O)c1cccc(CC(=O)NC(CC2CC2)c2ccccc2N2CCCCC2)c1OCC. The number of hydrogen-bond acceptors (Lipinski definition) is 5. The maximum absolute atomic E-state index is 13.4. The summed E-state index contributed by atoms with van der Waals surface area (Å²) in [5, 5.41) is 3.34. The Morgan fingerprint density at radius 3 is 2.49 bits per heavy atom. The molecule has 0 aromatic heterocycles. The van der Waals surface area contributed by atoms with E-state index in [0.29, 0.717) is 29.4 Å². The summed E-state index contributed by atoms with van der Waals surface area (Å²) in [6.45, 7) is 6.47. The maximum Gasteiger partial charge on any atom is 0.341 e. The summed E-state index contributed by atoms with van der Waals surface area (Å²) >= 11 is 0. The lowest BCUT2D eigenvalue weighted by atomic mass is 9.97. The smallest absolute Gasteiger partial charge is 0.341 e. The zero-order chi connectivity index (χ0) is 24.6. The zero-order valence-electron chi connectivity index (χ0n) is 21.1. The molecule has 35 heavy (non-hydrogen) atoms. The van der Waals surface area contributed by atoms with E-state index in [1.54, 1.807) is 19.1 Å². The van der Waals surface area contributed by atoms with Crippen molar-refractivity contribution in [3.8, 4) is 5.75 Å². The summed E-state index contributed by atoms with van der Waals surface area (Å²) in [7, 11) is 0. The summed E-state index contributed by atoms with van der Waals surface area (Å²) < 4.78 is 11.0. The van der Waals surface area contributed by atoms with Crippen LogP contribution in [0, 0.1) is 5.92 Å². The standard InChI is InChI=1S/C29H38N2O4/c1-3-34-28-22(11-10-13-24(28)29(33)35-4-2)20-27(32)30-25(19-21-15-16-21)23-12-6-7-14-26(23)31-17-8-5-9-18-31/h6-7,10-14,21,25H,3-5,8-9,15-20H2,1-2H3,(H,30,32). The Morgan fingerprint density at radius 2 is 1.77 bits per heavy atom. The van der Waals surface area contributed by atoms with Crippen molar-refractivity contribution in [2.24, 2.45) is 5.92 Å². The molecule has 6 heteroatoms. The molecule has 4 rings (SSSR count). The maximum atomic E-state index is 13.4. The van der Waals surface area contributed by atoms with Gasteiger partial charge in [0.05, 0.1) is 25.7 Å². The van der Waals surface area contributed by atoms with E-state index in [1.165, 1.54) is 43.4 Å². The Hall–Kier alpha value is -3.02. The first-order valence-corrected chi connectivity index (χ1v) is 13.2. The van der Waals surface area contributed by atoms with Gasteiger partial charge < -0.3 is 19.7 Å². The monoisotopic (exact) mass is 478 g/mol. The van der Waals surface area contributed by atoms with Gasteiger partial charge in [-0.1, -0.05) is 43.2 Å². The molecule has 2 aromatic carbocycles. The number of anilines is 1. The molecule has 1 aliphatic heterocycles. The number of benzene rings is 2. The van der Waals surface area contributed by atoms with Gasteiger partial charge in [-0.3, -0.25) is 4.79 Å². The van der Waals surface area contributed by atoms with Crippen LogP contribution in [0.3, 0.4) is 0 Å². The van der Waals surface area contributed by atoms with Gasteiger partial charge in [0.2, 0.25) is 5.91 Å². The molecule has 0 spiro atoms. The minimum atomic E-state index is -0.430. The molecule has 1 aliphatic carbocycles. The number of para-hydroxylation sites is 2. The quantitative estimate of drug-likeness (QED) is 0.435. The third-order valence-corrected chi connectivity index (χ3v) is 6.84. The van der Waals surface area contributed by atoms with Crippen molar-refractivity contribution in [1.29, 1.82) is 0 Å². The van der Waals surface area contributed by atoms with E-state index in [-0.39, 0.29) is 25.0 Å². The molecule has 6 nitrogen and oxygen atoms in total. The van der Waals surface area contributed by atoms with Gasteiger partial charge in [-0.25, -0.2) is 4.79 Å². The largest absolute Gasteiger partial charge is 0.493 e. The summed E-state index contributed by atoms with van der Waals surface area (Å²) in [5.74, 6) is 0.614. The summed E-state index contributed by atoms with van der Waals surface area (Å²) in [6.07, 6.45) is 7.28. The van der Waals surface area contributed by atoms with E-state index in [4.69, 9.17) is 9.47 Å². The second kappa shape index (κ2) is 12.1. The topological polar surface area (TPSA) is 67.9 Å². The van der Waals surface area contributed by atoms with Gasteiger partial charge in [0.1, 0.15) is 11.3 Å². The Morgan fingerprint density at radius 1 is 1.00 bits per heavy atom. The average molecular weight is 479 g/mol. The second-order valence-corrected chi connectivity index (χ2v) is 9.53. The minimum absolute atomic E-state index is 0.0306. The molecule has 188 valence electrons. The molecule has 2 aliphatic rings. The van der Waals surface area contributed by atoms with Crippen molar-refractivity contribution in [3.63, 3.8) is 0 Å². The first-order valence-electron chi connectivity index (χ1n) is 13.2. The molecule has 1 atom stereocenters. The Labute approximate surface area is 209 Å². The molecule has 1 heterocycles. The third kappa shape index (κ3) is 6.56. The lowest BCUT2D eigenvalue weighted by molar-refractivity contribution is -0.121. The Balaban J connectivity index is 1.55. The van der Waals surface area contributed by atoms with Crippen LogP contribution in [0.2, 0.25) is 0 Å². The van der Waals surface area contributed by atoms with Gasteiger partial charge in [-0.15, -0.1) is 0 Å². The minimum Gasteiger partial charge on any atom is -0.493 e. The predicted molar refractivity (Wildman–Crippen MR) is 138 cm³/mol. The number of piperidine rings is 1. The highest BCUT2D eigenvalue weighted by Crippen LogP contribution is 2.40. The van der Waals surface area contributed by atoms with Crippen LogP contribution in [0.25, 0.3) is 0 Å². The number of nitrogens with one attached hydrogen (secondary N) is 1. The van der Waals surface area contributed by atoms with Crippen LogP contribution in [-0.4, -0.2) is 38.2 Å². The Bertz CT molecular complexity index is 1010. The first-order chi connectivity index (χ1) is 17.1. The van der Waals surface area contributed by atoms with Gasteiger partial charge in [0, 0.05) is 24.3 Å². The van der Waals surface area contributed by atoms with Crippen molar-refractivity contribution in [2.45, 2.75) is 64.8 Å². The highest BCUT2D eigenvalue weighted by atomic mass is 16.5. The lowest BCUT2D eigenvalue weighted by Gasteiger charge is -2.33. The van der Waals surface area contributed by atoms with Crippen LogP contribution in [0.15, 0.2) is 42.5 Å². The summed E-state index contributed by atoms with van der Waals surface area (Å²) in [6, 6.07) is 13.8. The molecule has 1 amide bonds. The van der Waals surface area contributed by atoms with Crippen LogP contribution in [0.5, 0.6) is 5.75 Å². The van der Waals surface area contributed by atoms with Crippen LogP contribution in [0.4, 0.5) is 5.69 Å². The molecule has 0 radical (unpaired) electrons. The van der Waals surface area contributed by atoms with E-state index in [1.807, 2.05) is 13.0 Å². The van der Waals surface area contributed by atoms with E-state index >= 15 is 0 Å². The number of rotatable bonds is 11. The number of hydrogen-bond donors (Lipinski definition) is 1. The van der Waals surface area contributed by atoms with Crippen LogP contribution in [-0.2, 0) is 16.0 Å². The summed E-state index contributed by atoms with van der Waals surface area (Å²) in [4.78, 5) is 28.3. The van der Waals surface area contributed by atoms with E-state index in [2.05, 4.69) is 34.5 Å². The van der Waals surface area contributed by atoms with E-state index in [9.17, 15) is 9.59 Å². The first kappa shape index (κ1) is 25.1. The van der Waals surface area contributed by atoms with Gasteiger partial charge in [-0.05, 0) is 63.1 Å². The molecule has 2 fully saturated rings. The molecular formula is C29H38N2O4. The van der Waals surface area contributed by atoms with Crippen LogP contribution < -0.4 is 15.0 Å². The third-order valence-electron chi connectivity index (χ3n) is 6.84. The van der Waals surface area contributed by atoms with Gasteiger partial charge >= 0.3 is 5.97 Å². The normalized spacial score (nSPS) is 16.5. The number of amides is 1. The fraction of sp³-hybridized carbons (Fsp3) is 0.517. The molecule has 0 bridgehead atoms. The van der Waals surface area contributed by atoms with Crippen LogP contribution >= 0.6 is 0 Å². The van der Waals surface area contributed by atoms with Gasteiger partial charge in [0.15, 0.2) is 0 Å². The number of nitrogens with zero attached hydrogens (tertiary/aromatic N) is 1. The lowest BCUT2D eigenvalue weighted by Crippen LogP contribution is -2.34. The number of esters is 1. The van der Waals surface area contributed by atoms with Crippen molar-refractivity contribution in [2.75, 3.05) is 31.2 Å². The second-order valence-electron chi connectivity index (χ2n) is 9.53. The zero-order valence-corrected chi connectivity index (χ0v) is 21.1. The van der Waals surface area contributed by atoms with E-state index in [0.717, 1.165) is 19.5 Å². The average Bonchev–Trinajstić information content (AvgIpc) is 3.69. The Kier molecular flexibility index (Phi) is 8.67. The number of carbonyl (C=O) groups is 2. The number of ether oxygens (including phenoxy) is 2. The predicted octanol–water partition coefficient (Wildman–Crippen LogP) is 5.45. The van der Waals surface area contributed by atoms with Gasteiger partial charge in [0.25, 0.3) is 0 Å². The fourth-order valence-corrected chi connectivity index (χ4v) is 4.98. The van der Waals surface area contributed by atoms with Crippen molar-refractivity contribution in [1.82, 2.24) is 5.32 Å². The molecular weight excluding hydrogens is 440 g/mol. The van der Waals surface area contributed by atoms with Crippen molar-refractivity contribution in [3.05, 3.63) is 59.2 Å². The molecule has 1 saturated carbocycles. The molecule has 2 aromatic rings. The highest BCUT2D eigenvalue weighted by Gasteiger charge is 2.30. The highest BCUT2D eigenvalue weighted by molar-refractivity contribution is 5.93. The van der Waals surface area contributed by atoms with Crippen molar-refractivity contribution < 1.29 is 19.1 Å². The molecule has 1 N–H and O–H groups in total. The van der Waals surface area contributed by atoms with Crippen molar-refractivity contribution >= 4 is 17.6 Å². The summed E-state index contributed by atoms with van der Waals surface area (Å²) in [5.41, 5.74) is 3.52. The molecule has 1 unspecified atom stereocenters. The fourth-order valence-electron chi connectivity index (χ4n) is 4.98. The van der Waals surface area contributed by atoms with Crippen LogP contribution in [0.1, 0.15) is 79.9 Å².